The minimum atomic E-state index is -0.325. The van der Waals surface area contributed by atoms with Gasteiger partial charge in [-0.05, 0) is 30.7 Å². The Hall–Kier alpha value is -1.35. The standard InChI is InChI=1S/C10H10ClNO2/c1-7-5-8(11)3-4-9(7)10(14)12(2)6-13/h3-6H,1-2H3. The Labute approximate surface area is 87.3 Å². The van der Waals surface area contributed by atoms with Gasteiger partial charge in [-0.3, -0.25) is 14.5 Å². The highest BCUT2D eigenvalue weighted by molar-refractivity contribution is 6.30. The minimum absolute atomic E-state index is 0.325. The van der Waals surface area contributed by atoms with Crippen molar-refractivity contribution in [3.8, 4) is 0 Å². The monoisotopic (exact) mass is 211 g/mol. The molecule has 14 heavy (non-hydrogen) atoms. The number of amides is 2. The number of hydrogen-bond acceptors (Lipinski definition) is 2. The predicted molar refractivity (Wildman–Crippen MR) is 54.3 cm³/mol. The molecule has 0 fully saturated rings. The summed E-state index contributed by atoms with van der Waals surface area (Å²) in [6, 6.07) is 4.92. The summed E-state index contributed by atoms with van der Waals surface area (Å²) >= 11 is 5.74. The third-order valence-electron chi connectivity index (χ3n) is 1.90. The molecule has 1 aromatic carbocycles. The van der Waals surface area contributed by atoms with Crippen LogP contribution < -0.4 is 0 Å². The van der Waals surface area contributed by atoms with Crippen molar-refractivity contribution in [1.29, 1.82) is 0 Å². The number of aryl methyl sites for hydroxylation is 1. The summed E-state index contributed by atoms with van der Waals surface area (Å²) in [5.41, 5.74) is 1.25. The number of hydrogen-bond donors (Lipinski definition) is 0. The first-order chi connectivity index (χ1) is 6.56. The maximum atomic E-state index is 11.6. The highest BCUT2D eigenvalue weighted by atomic mass is 35.5. The molecule has 0 aliphatic rings. The van der Waals surface area contributed by atoms with Gasteiger partial charge in [-0.2, -0.15) is 0 Å². The molecule has 0 aromatic heterocycles. The van der Waals surface area contributed by atoms with Crippen molar-refractivity contribution in [3.05, 3.63) is 34.3 Å². The highest BCUT2D eigenvalue weighted by Crippen LogP contribution is 2.16. The molecule has 0 saturated carbocycles. The smallest absolute Gasteiger partial charge is 0.260 e. The molecule has 0 unspecified atom stereocenters. The van der Waals surface area contributed by atoms with Gasteiger partial charge in [-0.25, -0.2) is 0 Å². The lowest BCUT2D eigenvalue weighted by atomic mass is 10.1. The number of rotatable bonds is 2. The summed E-state index contributed by atoms with van der Waals surface area (Å²) in [6.07, 6.45) is 0.483. The van der Waals surface area contributed by atoms with E-state index in [2.05, 4.69) is 0 Å². The summed E-state index contributed by atoms with van der Waals surface area (Å²) in [5, 5.41) is 0.577. The molecule has 0 heterocycles. The van der Waals surface area contributed by atoms with E-state index in [1.807, 2.05) is 0 Å². The molecule has 0 atom stereocenters. The van der Waals surface area contributed by atoms with Gasteiger partial charge in [0.25, 0.3) is 5.91 Å². The molecule has 3 nitrogen and oxygen atoms in total. The molecule has 74 valence electrons. The van der Waals surface area contributed by atoms with Crippen LogP contribution in [0.15, 0.2) is 18.2 Å². The van der Waals surface area contributed by atoms with E-state index in [1.54, 1.807) is 25.1 Å². The highest BCUT2D eigenvalue weighted by Gasteiger charge is 2.12. The maximum absolute atomic E-state index is 11.6. The molecule has 2 amide bonds. The fourth-order valence-electron chi connectivity index (χ4n) is 1.10. The lowest BCUT2D eigenvalue weighted by molar-refractivity contribution is -0.115. The normalized spacial score (nSPS) is 9.64. The molecule has 1 rings (SSSR count). The first kappa shape index (κ1) is 10.7. The van der Waals surface area contributed by atoms with E-state index in [0.717, 1.165) is 10.5 Å². The largest absolute Gasteiger partial charge is 0.284 e. The number of nitrogens with zero attached hydrogens (tertiary/aromatic N) is 1. The summed E-state index contributed by atoms with van der Waals surface area (Å²) in [5.74, 6) is -0.325. The van der Waals surface area contributed by atoms with Crippen molar-refractivity contribution in [2.24, 2.45) is 0 Å². The summed E-state index contributed by atoms with van der Waals surface area (Å²) in [4.78, 5) is 22.9. The summed E-state index contributed by atoms with van der Waals surface area (Å²) in [6.45, 7) is 1.78. The average molecular weight is 212 g/mol. The third-order valence-corrected chi connectivity index (χ3v) is 2.13. The van der Waals surface area contributed by atoms with E-state index in [0.29, 0.717) is 17.0 Å². The van der Waals surface area contributed by atoms with Gasteiger partial charge in [0.05, 0.1) is 0 Å². The molecular weight excluding hydrogens is 202 g/mol. The van der Waals surface area contributed by atoms with Crippen molar-refractivity contribution in [3.63, 3.8) is 0 Å². The van der Waals surface area contributed by atoms with E-state index in [4.69, 9.17) is 11.6 Å². The Morgan fingerprint density at radius 1 is 1.50 bits per heavy atom. The van der Waals surface area contributed by atoms with Crippen molar-refractivity contribution in [1.82, 2.24) is 4.90 Å². The molecule has 0 spiro atoms. The second-order valence-electron chi connectivity index (χ2n) is 2.98. The first-order valence-electron chi connectivity index (χ1n) is 4.05. The Morgan fingerprint density at radius 2 is 2.14 bits per heavy atom. The Bertz CT molecular complexity index is 376. The number of carbonyl (C=O) groups is 2. The predicted octanol–water partition coefficient (Wildman–Crippen LogP) is 1.88. The van der Waals surface area contributed by atoms with Crippen LogP contribution in [-0.4, -0.2) is 24.3 Å². The van der Waals surface area contributed by atoms with Crippen LogP contribution in [0.3, 0.4) is 0 Å². The molecule has 0 N–H and O–H groups in total. The molecular formula is C10H10ClNO2. The van der Waals surface area contributed by atoms with Crippen molar-refractivity contribution < 1.29 is 9.59 Å². The van der Waals surface area contributed by atoms with Crippen molar-refractivity contribution in [2.75, 3.05) is 7.05 Å². The van der Waals surface area contributed by atoms with Crippen LogP contribution >= 0.6 is 11.6 Å². The van der Waals surface area contributed by atoms with Crippen LogP contribution in [0.1, 0.15) is 15.9 Å². The molecule has 0 saturated heterocycles. The zero-order valence-corrected chi connectivity index (χ0v) is 8.71. The van der Waals surface area contributed by atoms with Crippen LogP contribution in [0.25, 0.3) is 0 Å². The van der Waals surface area contributed by atoms with Gasteiger partial charge in [0.1, 0.15) is 0 Å². The molecule has 4 heteroatoms. The molecule has 0 radical (unpaired) electrons. The van der Waals surface area contributed by atoms with Crippen molar-refractivity contribution >= 4 is 23.9 Å². The van der Waals surface area contributed by atoms with Gasteiger partial charge >= 0.3 is 0 Å². The van der Waals surface area contributed by atoms with E-state index < -0.39 is 0 Å². The first-order valence-corrected chi connectivity index (χ1v) is 4.42. The Morgan fingerprint density at radius 3 is 2.64 bits per heavy atom. The van der Waals surface area contributed by atoms with Crippen LogP contribution in [0, 0.1) is 6.92 Å². The van der Waals surface area contributed by atoms with E-state index in [1.165, 1.54) is 7.05 Å². The van der Waals surface area contributed by atoms with Gasteiger partial charge in [-0.15, -0.1) is 0 Å². The van der Waals surface area contributed by atoms with Gasteiger partial charge in [0.15, 0.2) is 0 Å². The summed E-state index contributed by atoms with van der Waals surface area (Å²) < 4.78 is 0. The molecule has 1 aromatic rings. The Kier molecular flexibility index (Phi) is 3.25. The number of carbonyl (C=O) groups excluding carboxylic acids is 2. The van der Waals surface area contributed by atoms with Gasteiger partial charge in [0, 0.05) is 17.6 Å². The SMILES string of the molecule is Cc1cc(Cl)ccc1C(=O)N(C)C=O. The van der Waals surface area contributed by atoms with Gasteiger partial charge in [0.2, 0.25) is 6.41 Å². The second-order valence-corrected chi connectivity index (χ2v) is 3.42. The van der Waals surface area contributed by atoms with E-state index >= 15 is 0 Å². The minimum Gasteiger partial charge on any atom is -0.284 e. The zero-order chi connectivity index (χ0) is 10.7. The third kappa shape index (κ3) is 2.12. The van der Waals surface area contributed by atoms with Crippen LogP contribution in [-0.2, 0) is 4.79 Å². The Balaban J connectivity index is 3.07. The van der Waals surface area contributed by atoms with Gasteiger partial charge in [-0.1, -0.05) is 11.6 Å². The second kappa shape index (κ2) is 4.24. The zero-order valence-electron chi connectivity index (χ0n) is 7.95. The quantitative estimate of drug-likeness (QED) is 0.701. The number of benzene rings is 1. The molecule has 0 bridgehead atoms. The lowest BCUT2D eigenvalue weighted by Crippen LogP contribution is -2.25. The van der Waals surface area contributed by atoms with E-state index in [-0.39, 0.29) is 5.91 Å². The molecule has 0 aliphatic heterocycles. The maximum Gasteiger partial charge on any atom is 0.260 e. The van der Waals surface area contributed by atoms with Crippen LogP contribution in [0.5, 0.6) is 0 Å². The van der Waals surface area contributed by atoms with Gasteiger partial charge < -0.3 is 0 Å². The van der Waals surface area contributed by atoms with E-state index in [9.17, 15) is 9.59 Å². The van der Waals surface area contributed by atoms with Crippen LogP contribution in [0.4, 0.5) is 0 Å². The fourth-order valence-corrected chi connectivity index (χ4v) is 1.33. The number of imide groups is 1. The average Bonchev–Trinajstić information content (AvgIpc) is 2.15. The number of halogens is 1. The van der Waals surface area contributed by atoms with Crippen molar-refractivity contribution in [2.45, 2.75) is 6.92 Å². The van der Waals surface area contributed by atoms with Crippen LogP contribution in [0.2, 0.25) is 5.02 Å². The topological polar surface area (TPSA) is 37.4 Å². The molecule has 0 aliphatic carbocycles. The summed E-state index contributed by atoms with van der Waals surface area (Å²) in [7, 11) is 1.42. The lowest BCUT2D eigenvalue weighted by Gasteiger charge is -2.10. The fraction of sp³-hybridized carbons (Fsp3) is 0.200.